The highest BCUT2D eigenvalue weighted by molar-refractivity contribution is 7.15. The predicted molar refractivity (Wildman–Crippen MR) is 77.5 cm³/mol. The van der Waals surface area contributed by atoms with Crippen LogP contribution >= 0.6 is 22.9 Å². The van der Waals surface area contributed by atoms with Gasteiger partial charge in [0.25, 0.3) is 0 Å². The SMILES string of the molecule is CCOC(=O)c1nc(Nc2cc(F)ccc2Cl)sc1C. The third-order valence-corrected chi connectivity index (χ3v) is 3.65. The van der Waals surface area contributed by atoms with Crippen LogP contribution < -0.4 is 5.32 Å². The van der Waals surface area contributed by atoms with Crippen molar-refractivity contribution in [2.75, 3.05) is 11.9 Å². The Morgan fingerprint density at radius 2 is 2.30 bits per heavy atom. The van der Waals surface area contributed by atoms with Crippen LogP contribution in [0.5, 0.6) is 0 Å². The van der Waals surface area contributed by atoms with Gasteiger partial charge in [0.05, 0.1) is 17.3 Å². The van der Waals surface area contributed by atoms with Crippen LogP contribution in [0.15, 0.2) is 18.2 Å². The number of ether oxygens (including phenoxy) is 1. The summed E-state index contributed by atoms with van der Waals surface area (Å²) in [4.78, 5) is 16.5. The zero-order chi connectivity index (χ0) is 14.7. The summed E-state index contributed by atoms with van der Waals surface area (Å²) < 4.78 is 18.1. The van der Waals surface area contributed by atoms with Gasteiger partial charge in [-0.15, -0.1) is 11.3 Å². The molecule has 1 aromatic carbocycles. The summed E-state index contributed by atoms with van der Waals surface area (Å²) >= 11 is 7.23. The van der Waals surface area contributed by atoms with E-state index in [1.807, 2.05) is 0 Å². The second-order valence-electron chi connectivity index (χ2n) is 3.89. The van der Waals surface area contributed by atoms with Crippen LogP contribution in [0.25, 0.3) is 0 Å². The molecule has 1 aromatic heterocycles. The Kier molecular flexibility index (Phi) is 4.57. The number of anilines is 2. The molecule has 0 saturated carbocycles. The van der Waals surface area contributed by atoms with E-state index in [1.54, 1.807) is 13.8 Å². The molecule has 0 fully saturated rings. The van der Waals surface area contributed by atoms with Gasteiger partial charge in [-0.25, -0.2) is 14.2 Å². The zero-order valence-corrected chi connectivity index (χ0v) is 12.4. The largest absolute Gasteiger partial charge is 0.461 e. The number of halogens is 2. The van der Waals surface area contributed by atoms with Gasteiger partial charge >= 0.3 is 5.97 Å². The molecule has 0 saturated heterocycles. The number of aryl methyl sites for hydroxylation is 1. The van der Waals surface area contributed by atoms with Gasteiger partial charge in [-0.3, -0.25) is 0 Å². The van der Waals surface area contributed by atoms with E-state index in [1.165, 1.54) is 29.5 Å². The first-order chi connectivity index (χ1) is 9.51. The second kappa shape index (κ2) is 6.19. The molecule has 0 spiro atoms. The monoisotopic (exact) mass is 314 g/mol. The third kappa shape index (κ3) is 3.26. The molecule has 106 valence electrons. The molecule has 0 aliphatic rings. The highest BCUT2D eigenvalue weighted by Crippen LogP contribution is 2.30. The van der Waals surface area contributed by atoms with E-state index in [0.29, 0.717) is 15.8 Å². The van der Waals surface area contributed by atoms with Crippen molar-refractivity contribution >= 4 is 39.7 Å². The van der Waals surface area contributed by atoms with E-state index < -0.39 is 11.8 Å². The Morgan fingerprint density at radius 1 is 1.55 bits per heavy atom. The Morgan fingerprint density at radius 3 is 3.00 bits per heavy atom. The molecule has 4 nitrogen and oxygen atoms in total. The summed E-state index contributed by atoms with van der Waals surface area (Å²) in [6.07, 6.45) is 0. The number of hydrogen-bond acceptors (Lipinski definition) is 5. The molecule has 20 heavy (non-hydrogen) atoms. The lowest BCUT2D eigenvalue weighted by Crippen LogP contribution is -2.06. The van der Waals surface area contributed by atoms with Crippen LogP contribution in [-0.2, 0) is 4.74 Å². The molecule has 0 amide bonds. The van der Waals surface area contributed by atoms with Crippen LogP contribution in [0, 0.1) is 12.7 Å². The van der Waals surface area contributed by atoms with Crippen LogP contribution in [0.2, 0.25) is 5.02 Å². The van der Waals surface area contributed by atoms with Crippen molar-refractivity contribution in [1.29, 1.82) is 0 Å². The number of rotatable bonds is 4. The lowest BCUT2D eigenvalue weighted by Gasteiger charge is -2.04. The maximum Gasteiger partial charge on any atom is 0.358 e. The fourth-order valence-electron chi connectivity index (χ4n) is 1.55. The minimum atomic E-state index is -0.473. The van der Waals surface area contributed by atoms with Crippen molar-refractivity contribution in [2.24, 2.45) is 0 Å². The first kappa shape index (κ1) is 14.7. The number of nitrogens with zero attached hydrogens (tertiary/aromatic N) is 1. The topological polar surface area (TPSA) is 51.2 Å². The summed E-state index contributed by atoms with van der Waals surface area (Å²) in [7, 11) is 0. The number of benzene rings is 1. The number of carbonyl (C=O) groups is 1. The molecule has 0 aliphatic carbocycles. The van der Waals surface area contributed by atoms with Crippen LogP contribution in [0.3, 0.4) is 0 Å². The van der Waals surface area contributed by atoms with E-state index in [0.717, 1.165) is 4.88 Å². The molecule has 0 aliphatic heterocycles. The Balaban J connectivity index is 2.24. The molecule has 0 atom stereocenters. The predicted octanol–water partition coefficient (Wildman–Crippen LogP) is 4.16. The van der Waals surface area contributed by atoms with Gasteiger partial charge in [-0.2, -0.15) is 0 Å². The number of esters is 1. The van der Waals surface area contributed by atoms with Gasteiger partial charge in [0, 0.05) is 4.88 Å². The maximum atomic E-state index is 13.2. The van der Waals surface area contributed by atoms with Crippen molar-refractivity contribution < 1.29 is 13.9 Å². The lowest BCUT2D eigenvalue weighted by atomic mass is 10.3. The van der Waals surface area contributed by atoms with Crippen molar-refractivity contribution in [3.05, 3.63) is 39.6 Å². The molecule has 7 heteroatoms. The quantitative estimate of drug-likeness (QED) is 0.861. The Hall–Kier alpha value is -1.66. The zero-order valence-electron chi connectivity index (χ0n) is 10.9. The van der Waals surface area contributed by atoms with E-state index in [-0.39, 0.29) is 12.3 Å². The van der Waals surface area contributed by atoms with Crippen LogP contribution in [0.4, 0.5) is 15.2 Å². The average Bonchev–Trinajstić information content (AvgIpc) is 2.75. The van der Waals surface area contributed by atoms with Crippen molar-refractivity contribution in [3.63, 3.8) is 0 Å². The van der Waals surface area contributed by atoms with Gasteiger partial charge in [0.1, 0.15) is 5.82 Å². The number of carbonyl (C=O) groups excluding carboxylic acids is 1. The van der Waals surface area contributed by atoms with Gasteiger partial charge in [0.15, 0.2) is 10.8 Å². The molecular weight excluding hydrogens is 303 g/mol. The fourth-order valence-corrected chi connectivity index (χ4v) is 2.53. The second-order valence-corrected chi connectivity index (χ2v) is 5.50. The molecule has 0 bridgehead atoms. The third-order valence-electron chi connectivity index (χ3n) is 2.44. The van der Waals surface area contributed by atoms with Gasteiger partial charge in [-0.05, 0) is 32.0 Å². The van der Waals surface area contributed by atoms with E-state index >= 15 is 0 Å². The lowest BCUT2D eigenvalue weighted by molar-refractivity contribution is 0.0519. The highest BCUT2D eigenvalue weighted by atomic mass is 35.5. The minimum Gasteiger partial charge on any atom is -0.461 e. The van der Waals surface area contributed by atoms with Crippen LogP contribution in [-0.4, -0.2) is 17.6 Å². The molecule has 2 rings (SSSR count). The molecule has 2 aromatic rings. The standard InChI is InChI=1S/C13H12ClFN2O2S/c1-3-19-12(18)11-7(2)20-13(17-11)16-10-6-8(15)4-5-9(10)14/h4-6H,3H2,1-2H3,(H,16,17). The van der Waals surface area contributed by atoms with Crippen molar-refractivity contribution in [2.45, 2.75) is 13.8 Å². The maximum absolute atomic E-state index is 13.2. The average molecular weight is 315 g/mol. The summed E-state index contributed by atoms with van der Waals surface area (Å²) in [6, 6.07) is 3.99. The minimum absolute atomic E-state index is 0.256. The molecule has 1 heterocycles. The first-order valence-electron chi connectivity index (χ1n) is 5.88. The Labute approximate surface area is 124 Å². The normalized spacial score (nSPS) is 10.4. The number of thiazole rings is 1. The van der Waals surface area contributed by atoms with E-state index in [4.69, 9.17) is 16.3 Å². The van der Waals surface area contributed by atoms with Gasteiger partial charge in [-0.1, -0.05) is 11.6 Å². The van der Waals surface area contributed by atoms with Crippen molar-refractivity contribution in [1.82, 2.24) is 4.98 Å². The fraction of sp³-hybridized carbons (Fsp3) is 0.231. The highest BCUT2D eigenvalue weighted by Gasteiger charge is 2.17. The molecular formula is C13H12ClFN2O2S. The summed E-state index contributed by atoms with van der Waals surface area (Å²) in [5, 5.41) is 3.73. The number of aromatic nitrogens is 1. The summed E-state index contributed by atoms with van der Waals surface area (Å²) in [5.74, 6) is -0.879. The molecule has 0 unspecified atom stereocenters. The van der Waals surface area contributed by atoms with E-state index in [9.17, 15) is 9.18 Å². The Bertz CT molecular complexity index is 645. The van der Waals surface area contributed by atoms with Gasteiger partial charge in [0.2, 0.25) is 0 Å². The number of hydrogen-bond donors (Lipinski definition) is 1. The van der Waals surface area contributed by atoms with Gasteiger partial charge < -0.3 is 10.1 Å². The van der Waals surface area contributed by atoms with E-state index in [2.05, 4.69) is 10.3 Å². The first-order valence-corrected chi connectivity index (χ1v) is 7.07. The van der Waals surface area contributed by atoms with Crippen molar-refractivity contribution in [3.8, 4) is 0 Å². The molecule has 0 radical (unpaired) electrons. The molecule has 1 N–H and O–H groups in total. The van der Waals surface area contributed by atoms with Crippen LogP contribution in [0.1, 0.15) is 22.3 Å². The number of nitrogens with one attached hydrogen (secondary N) is 1. The summed E-state index contributed by atoms with van der Waals surface area (Å²) in [6.45, 7) is 3.78. The smallest absolute Gasteiger partial charge is 0.358 e. The summed E-state index contributed by atoms with van der Waals surface area (Å²) in [5.41, 5.74) is 0.655.